The molecule has 14 heavy (non-hydrogen) atoms. The Morgan fingerprint density at radius 2 is 2.36 bits per heavy atom. The van der Waals surface area contributed by atoms with E-state index in [-0.39, 0.29) is 0 Å². The number of hydrogen-bond donors (Lipinski definition) is 1. The van der Waals surface area contributed by atoms with E-state index >= 15 is 0 Å². The predicted molar refractivity (Wildman–Crippen MR) is 57.4 cm³/mol. The van der Waals surface area contributed by atoms with Crippen molar-refractivity contribution in [1.29, 1.82) is 0 Å². The molecule has 1 aromatic heterocycles. The molecule has 3 nitrogen and oxygen atoms in total. The van der Waals surface area contributed by atoms with E-state index in [1.54, 1.807) is 18.2 Å². The molecule has 0 spiro atoms. The normalized spacial score (nSPS) is 9.86. The van der Waals surface area contributed by atoms with Gasteiger partial charge >= 0.3 is 0 Å². The van der Waals surface area contributed by atoms with Gasteiger partial charge in [0.1, 0.15) is 0 Å². The SMILES string of the molecule is C=CCCOc1ccc(Cl)c(CN)n1. The average molecular weight is 213 g/mol. The van der Waals surface area contributed by atoms with Crippen LogP contribution >= 0.6 is 11.6 Å². The molecule has 0 aliphatic heterocycles. The summed E-state index contributed by atoms with van der Waals surface area (Å²) in [4.78, 5) is 4.15. The van der Waals surface area contributed by atoms with Crippen molar-refractivity contribution in [3.63, 3.8) is 0 Å². The minimum Gasteiger partial charge on any atom is -0.477 e. The summed E-state index contributed by atoms with van der Waals surface area (Å²) in [5.41, 5.74) is 6.11. The molecule has 0 amide bonds. The summed E-state index contributed by atoms with van der Waals surface area (Å²) in [5.74, 6) is 0.553. The van der Waals surface area contributed by atoms with E-state index in [1.807, 2.05) is 0 Å². The number of nitrogens with two attached hydrogens (primary N) is 1. The van der Waals surface area contributed by atoms with Gasteiger partial charge in [0.15, 0.2) is 0 Å². The molecule has 0 fully saturated rings. The van der Waals surface area contributed by atoms with Crippen molar-refractivity contribution in [1.82, 2.24) is 4.98 Å². The molecule has 0 saturated carbocycles. The van der Waals surface area contributed by atoms with Gasteiger partial charge in [0.05, 0.1) is 17.3 Å². The first kappa shape index (κ1) is 11.0. The third kappa shape index (κ3) is 3.01. The van der Waals surface area contributed by atoms with Gasteiger partial charge in [-0.2, -0.15) is 0 Å². The monoisotopic (exact) mass is 212 g/mol. The van der Waals surface area contributed by atoms with Crippen LogP contribution in [0.1, 0.15) is 12.1 Å². The number of nitrogens with zero attached hydrogens (tertiary/aromatic N) is 1. The van der Waals surface area contributed by atoms with E-state index in [0.29, 0.717) is 29.7 Å². The third-order valence-corrected chi connectivity index (χ3v) is 2.00. The Morgan fingerprint density at radius 1 is 1.57 bits per heavy atom. The molecule has 4 heteroatoms. The maximum absolute atomic E-state index is 5.84. The Bertz CT molecular complexity index is 315. The second-order valence-corrected chi connectivity index (χ2v) is 3.12. The van der Waals surface area contributed by atoms with Crippen molar-refractivity contribution in [2.24, 2.45) is 5.73 Å². The molecule has 1 aromatic rings. The molecule has 0 unspecified atom stereocenters. The highest BCUT2D eigenvalue weighted by Gasteiger charge is 2.02. The van der Waals surface area contributed by atoms with Gasteiger partial charge in [0.25, 0.3) is 0 Å². The fraction of sp³-hybridized carbons (Fsp3) is 0.300. The number of rotatable bonds is 5. The zero-order chi connectivity index (χ0) is 10.4. The minimum atomic E-state index is 0.317. The molecular weight excluding hydrogens is 200 g/mol. The van der Waals surface area contributed by atoms with Crippen LogP contribution < -0.4 is 10.5 Å². The van der Waals surface area contributed by atoms with Gasteiger partial charge in [0, 0.05) is 12.6 Å². The molecule has 0 aliphatic carbocycles. The maximum atomic E-state index is 5.84. The summed E-state index contributed by atoms with van der Waals surface area (Å²) in [6.45, 7) is 4.49. The number of hydrogen-bond acceptors (Lipinski definition) is 3. The van der Waals surface area contributed by atoms with Gasteiger partial charge in [0.2, 0.25) is 5.88 Å². The van der Waals surface area contributed by atoms with E-state index in [0.717, 1.165) is 6.42 Å². The highest BCUT2D eigenvalue weighted by atomic mass is 35.5. The maximum Gasteiger partial charge on any atom is 0.213 e. The quantitative estimate of drug-likeness (QED) is 0.601. The predicted octanol–water partition coefficient (Wildman–Crippen LogP) is 2.15. The van der Waals surface area contributed by atoms with Crippen molar-refractivity contribution in [2.75, 3.05) is 6.61 Å². The lowest BCUT2D eigenvalue weighted by Gasteiger charge is -2.05. The number of pyridine rings is 1. The van der Waals surface area contributed by atoms with Crippen LogP contribution in [0.3, 0.4) is 0 Å². The highest BCUT2D eigenvalue weighted by molar-refractivity contribution is 6.31. The molecular formula is C10H13ClN2O. The van der Waals surface area contributed by atoms with E-state index in [4.69, 9.17) is 22.1 Å². The molecule has 1 rings (SSSR count). The van der Waals surface area contributed by atoms with Crippen LogP contribution in [0.4, 0.5) is 0 Å². The second kappa shape index (κ2) is 5.62. The zero-order valence-electron chi connectivity index (χ0n) is 7.87. The van der Waals surface area contributed by atoms with Gasteiger partial charge in [-0.25, -0.2) is 4.98 Å². The second-order valence-electron chi connectivity index (χ2n) is 2.71. The average Bonchev–Trinajstić information content (AvgIpc) is 2.21. The Hall–Kier alpha value is -1.06. The molecule has 0 saturated heterocycles. The largest absolute Gasteiger partial charge is 0.477 e. The molecule has 0 radical (unpaired) electrons. The van der Waals surface area contributed by atoms with Crippen LogP contribution in [-0.4, -0.2) is 11.6 Å². The fourth-order valence-corrected chi connectivity index (χ4v) is 1.12. The number of halogens is 1. The van der Waals surface area contributed by atoms with Crippen LogP contribution in [0, 0.1) is 0 Å². The Labute approximate surface area is 88.5 Å². The Morgan fingerprint density at radius 3 is 3.00 bits per heavy atom. The summed E-state index contributed by atoms with van der Waals surface area (Å²) in [6, 6.07) is 3.46. The lowest BCUT2D eigenvalue weighted by atomic mass is 10.3. The lowest BCUT2D eigenvalue weighted by Crippen LogP contribution is -2.04. The molecule has 1 heterocycles. The van der Waals surface area contributed by atoms with Crippen molar-refractivity contribution in [3.05, 3.63) is 35.5 Å². The van der Waals surface area contributed by atoms with Gasteiger partial charge < -0.3 is 10.5 Å². The van der Waals surface area contributed by atoms with Gasteiger partial charge in [-0.3, -0.25) is 0 Å². The topological polar surface area (TPSA) is 48.1 Å². The summed E-state index contributed by atoms with van der Waals surface area (Å²) < 4.78 is 5.35. The van der Waals surface area contributed by atoms with E-state index in [1.165, 1.54) is 0 Å². The van der Waals surface area contributed by atoms with Crippen LogP contribution in [-0.2, 0) is 6.54 Å². The molecule has 0 bridgehead atoms. The van der Waals surface area contributed by atoms with Gasteiger partial charge in [-0.15, -0.1) is 6.58 Å². The zero-order valence-corrected chi connectivity index (χ0v) is 8.63. The van der Waals surface area contributed by atoms with Crippen LogP contribution in [0.2, 0.25) is 5.02 Å². The third-order valence-electron chi connectivity index (χ3n) is 1.66. The van der Waals surface area contributed by atoms with Crippen molar-refractivity contribution in [3.8, 4) is 5.88 Å². The van der Waals surface area contributed by atoms with Crippen molar-refractivity contribution < 1.29 is 4.74 Å². The van der Waals surface area contributed by atoms with E-state index in [2.05, 4.69) is 11.6 Å². The van der Waals surface area contributed by atoms with Crippen LogP contribution in [0.25, 0.3) is 0 Å². The van der Waals surface area contributed by atoms with Crippen molar-refractivity contribution in [2.45, 2.75) is 13.0 Å². The molecule has 0 atom stereocenters. The highest BCUT2D eigenvalue weighted by Crippen LogP contribution is 2.17. The fourth-order valence-electron chi connectivity index (χ4n) is 0.935. The van der Waals surface area contributed by atoms with E-state index < -0.39 is 0 Å². The number of ether oxygens (including phenoxy) is 1. The van der Waals surface area contributed by atoms with Crippen LogP contribution in [0.5, 0.6) is 5.88 Å². The Kier molecular flexibility index (Phi) is 4.43. The summed E-state index contributed by atoms with van der Waals surface area (Å²) in [5, 5.41) is 0.573. The molecule has 2 N–H and O–H groups in total. The first-order valence-corrected chi connectivity index (χ1v) is 4.75. The first-order chi connectivity index (χ1) is 6.77. The Balaban J connectivity index is 2.64. The lowest BCUT2D eigenvalue weighted by molar-refractivity contribution is 0.311. The molecule has 0 aliphatic rings. The summed E-state index contributed by atoms with van der Waals surface area (Å²) >= 11 is 5.84. The summed E-state index contributed by atoms with van der Waals surface area (Å²) in [7, 11) is 0. The number of aromatic nitrogens is 1. The smallest absolute Gasteiger partial charge is 0.213 e. The molecule has 76 valence electrons. The van der Waals surface area contributed by atoms with Crippen molar-refractivity contribution >= 4 is 11.6 Å². The van der Waals surface area contributed by atoms with Crippen LogP contribution in [0.15, 0.2) is 24.8 Å². The van der Waals surface area contributed by atoms with Gasteiger partial charge in [-0.1, -0.05) is 17.7 Å². The van der Waals surface area contributed by atoms with E-state index in [9.17, 15) is 0 Å². The molecule has 0 aromatic carbocycles. The standard InChI is InChI=1S/C10H13ClN2O/c1-2-3-6-14-10-5-4-8(11)9(7-12)13-10/h2,4-5H,1,3,6-7,12H2. The van der Waals surface area contributed by atoms with Gasteiger partial charge in [-0.05, 0) is 12.5 Å². The summed E-state index contributed by atoms with van der Waals surface area (Å²) in [6.07, 6.45) is 2.59. The first-order valence-electron chi connectivity index (χ1n) is 4.37. The minimum absolute atomic E-state index is 0.317.